The Hall–Kier alpha value is -2.81. The zero-order valence-electron chi connectivity index (χ0n) is 11.6. The Morgan fingerprint density at radius 2 is 2.22 bits per heavy atom. The van der Waals surface area contributed by atoms with E-state index in [9.17, 15) is 13.6 Å². The summed E-state index contributed by atoms with van der Waals surface area (Å²) in [4.78, 5) is 15.9. The minimum atomic E-state index is -0.807. The molecular weight excluding hydrogens is 326 g/mol. The van der Waals surface area contributed by atoms with E-state index in [-0.39, 0.29) is 18.2 Å². The van der Waals surface area contributed by atoms with Crippen molar-refractivity contribution >= 4 is 22.4 Å². The molecule has 1 amide bonds. The Morgan fingerprint density at radius 3 is 2.96 bits per heavy atom. The van der Waals surface area contributed by atoms with Crippen molar-refractivity contribution < 1.29 is 18.3 Å². The van der Waals surface area contributed by atoms with Crippen molar-refractivity contribution in [2.24, 2.45) is 0 Å². The highest BCUT2D eigenvalue weighted by molar-refractivity contribution is 7.13. The molecule has 0 fully saturated rings. The van der Waals surface area contributed by atoms with Crippen LogP contribution in [0.2, 0.25) is 0 Å². The van der Waals surface area contributed by atoms with Gasteiger partial charge in [0.05, 0.1) is 0 Å². The molecule has 0 saturated carbocycles. The first kappa shape index (κ1) is 15.1. The lowest BCUT2D eigenvalue weighted by Crippen LogP contribution is -2.14. The number of rotatable bonds is 5. The molecule has 0 bridgehead atoms. The van der Waals surface area contributed by atoms with Gasteiger partial charge in [-0.25, -0.2) is 18.4 Å². The molecular formula is C14H10F2N4O2S. The minimum absolute atomic E-state index is 0.101. The number of carbonyl (C=O) groups excluding carboxylic acids is 1. The summed E-state index contributed by atoms with van der Waals surface area (Å²) < 4.78 is 32.7. The summed E-state index contributed by atoms with van der Waals surface area (Å²) in [6.07, 6.45) is 3.09. The maximum Gasteiger partial charge on any atom is 0.277 e. The number of hydrogen-bond donors (Lipinski definition) is 1. The van der Waals surface area contributed by atoms with Crippen molar-refractivity contribution in [1.29, 1.82) is 0 Å². The van der Waals surface area contributed by atoms with E-state index in [4.69, 9.17) is 4.74 Å². The van der Waals surface area contributed by atoms with Crippen LogP contribution in [-0.2, 0) is 6.73 Å². The van der Waals surface area contributed by atoms with E-state index in [0.29, 0.717) is 5.13 Å². The van der Waals surface area contributed by atoms with Gasteiger partial charge in [-0.3, -0.25) is 10.1 Å². The number of anilines is 1. The summed E-state index contributed by atoms with van der Waals surface area (Å²) in [5, 5.41) is 8.81. The zero-order chi connectivity index (χ0) is 16.2. The monoisotopic (exact) mass is 336 g/mol. The second kappa shape index (κ2) is 6.53. The van der Waals surface area contributed by atoms with Gasteiger partial charge in [-0.15, -0.1) is 11.3 Å². The summed E-state index contributed by atoms with van der Waals surface area (Å²) in [6, 6.07) is 4.50. The van der Waals surface area contributed by atoms with Crippen molar-refractivity contribution in [3.63, 3.8) is 0 Å². The molecule has 1 aromatic carbocycles. The predicted octanol–water partition coefficient (Wildman–Crippen LogP) is 2.91. The molecule has 0 spiro atoms. The van der Waals surface area contributed by atoms with Crippen LogP contribution in [0.15, 0.2) is 42.0 Å². The molecule has 23 heavy (non-hydrogen) atoms. The highest BCUT2D eigenvalue weighted by Gasteiger charge is 2.11. The topological polar surface area (TPSA) is 69.0 Å². The third-order valence-electron chi connectivity index (χ3n) is 2.77. The van der Waals surface area contributed by atoms with Gasteiger partial charge < -0.3 is 4.74 Å². The predicted molar refractivity (Wildman–Crippen MR) is 79.3 cm³/mol. The number of halogens is 2. The van der Waals surface area contributed by atoms with Gasteiger partial charge >= 0.3 is 0 Å². The van der Waals surface area contributed by atoms with Crippen LogP contribution in [0, 0.1) is 11.6 Å². The Morgan fingerprint density at radius 1 is 1.35 bits per heavy atom. The minimum Gasteiger partial charge on any atom is -0.468 e. The van der Waals surface area contributed by atoms with E-state index in [1.165, 1.54) is 34.3 Å². The Kier molecular flexibility index (Phi) is 4.29. The number of ether oxygens (including phenoxy) is 1. The molecule has 6 nitrogen and oxygen atoms in total. The lowest BCUT2D eigenvalue weighted by molar-refractivity contribution is 0.102. The molecule has 9 heteroatoms. The van der Waals surface area contributed by atoms with Crippen LogP contribution in [0.4, 0.5) is 13.9 Å². The summed E-state index contributed by atoms with van der Waals surface area (Å²) >= 11 is 1.29. The summed E-state index contributed by atoms with van der Waals surface area (Å²) in [7, 11) is 0. The highest BCUT2D eigenvalue weighted by Crippen LogP contribution is 2.18. The lowest BCUT2D eigenvalue weighted by Gasteiger charge is -2.07. The number of nitrogens with one attached hydrogen (secondary N) is 1. The van der Waals surface area contributed by atoms with Crippen molar-refractivity contribution in [3.05, 3.63) is 59.4 Å². The van der Waals surface area contributed by atoms with E-state index in [1.54, 1.807) is 11.6 Å². The second-order valence-electron chi connectivity index (χ2n) is 4.38. The fraction of sp³-hybridized carbons (Fsp3) is 0.0714. The number of nitrogens with zero attached hydrogens (tertiary/aromatic N) is 3. The molecule has 1 N–H and O–H groups in total. The molecule has 118 valence electrons. The van der Waals surface area contributed by atoms with Gasteiger partial charge in [-0.2, -0.15) is 5.10 Å². The smallest absolute Gasteiger partial charge is 0.277 e. The van der Waals surface area contributed by atoms with Crippen molar-refractivity contribution in [2.75, 3.05) is 5.32 Å². The number of benzene rings is 1. The van der Waals surface area contributed by atoms with Gasteiger partial charge in [0.25, 0.3) is 5.91 Å². The maximum absolute atomic E-state index is 13.4. The quantitative estimate of drug-likeness (QED) is 0.778. The van der Waals surface area contributed by atoms with Crippen LogP contribution < -0.4 is 10.1 Å². The van der Waals surface area contributed by atoms with Gasteiger partial charge in [-0.05, 0) is 18.2 Å². The van der Waals surface area contributed by atoms with E-state index >= 15 is 0 Å². The average molecular weight is 336 g/mol. The molecule has 0 aliphatic heterocycles. The number of hydrogen-bond acceptors (Lipinski definition) is 5. The first-order valence-corrected chi connectivity index (χ1v) is 7.32. The van der Waals surface area contributed by atoms with Crippen LogP contribution >= 0.6 is 11.3 Å². The summed E-state index contributed by atoms with van der Waals surface area (Å²) in [6.45, 7) is -0.118. The fourth-order valence-corrected chi connectivity index (χ4v) is 2.25. The van der Waals surface area contributed by atoms with E-state index in [0.717, 1.165) is 12.1 Å². The van der Waals surface area contributed by atoms with Crippen LogP contribution in [-0.4, -0.2) is 20.7 Å². The van der Waals surface area contributed by atoms with Gasteiger partial charge in [0.2, 0.25) is 0 Å². The molecule has 2 aromatic heterocycles. The van der Waals surface area contributed by atoms with Crippen molar-refractivity contribution in [2.45, 2.75) is 6.73 Å². The number of thiazole rings is 1. The molecule has 0 unspecified atom stereocenters. The normalized spacial score (nSPS) is 10.5. The molecule has 0 radical (unpaired) electrons. The second-order valence-corrected chi connectivity index (χ2v) is 5.27. The third-order valence-corrected chi connectivity index (χ3v) is 3.46. The third kappa shape index (κ3) is 3.69. The molecule has 3 aromatic rings. The molecule has 0 saturated heterocycles. The van der Waals surface area contributed by atoms with E-state index in [1.807, 2.05) is 0 Å². The molecule has 0 aliphatic rings. The molecule has 0 atom stereocenters. The van der Waals surface area contributed by atoms with Gasteiger partial charge in [0.15, 0.2) is 29.1 Å². The van der Waals surface area contributed by atoms with Crippen molar-refractivity contribution in [3.8, 4) is 5.75 Å². The summed E-state index contributed by atoms with van der Waals surface area (Å²) in [5.74, 6) is -2.00. The Labute approximate surface area is 133 Å². The zero-order valence-corrected chi connectivity index (χ0v) is 12.4. The molecule has 0 aliphatic carbocycles. The average Bonchev–Trinajstić information content (AvgIpc) is 3.17. The van der Waals surface area contributed by atoms with Crippen LogP contribution in [0.5, 0.6) is 5.75 Å². The molecule has 2 heterocycles. The van der Waals surface area contributed by atoms with Gasteiger partial charge in [-0.1, -0.05) is 0 Å². The SMILES string of the molecule is O=C(Nc1nccs1)c1ccn(COc2ccc(F)cc2F)n1. The number of aromatic nitrogens is 3. The number of amides is 1. The largest absolute Gasteiger partial charge is 0.468 e. The summed E-state index contributed by atoms with van der Waals surface area (Å²) in [5.41, 5.74) is 0.170. The standard InChI is InChI=1S/C14H10F2N4O2S/c15-9-1-2-12(10(16)7-9)22-8-20-5-3-11(19-20)13(21)18-14-17-4-6-23-14/h1-7H,8H2,(H,17,18,21). The van der Waals surface area contributed by atoms with Gasteiger partial charge in [0.1, 0.15) is 5.82 Å². The highest BCUT2D eigenvalue weighted by atomic mass is 32.1. The Balaban J connectivity index is 1.62. The van der Waals surface area contributed by atoms with Crippen LogP contribution in [0.25, 0.3) is 0 Å². The van der Waals surface area contributed by atoms with E-state index in [2.05, 4.69) is 15.4 Å². The first-order chi connectivity index (χ1) is 11.1. The molecule has 3 rings (SSSR count). The Bertz CT molecular complexity index is 820. The van der Waals surface area contributed by atoms with E-state index < -0.39 is 17.5 Å². The number of carbonyl (C=O) groups is 1. The van der Waals surface area contributed by atoms with Crippen LogP contribution in [0.1, 0.15) is 10.5 Å². The van der Waals surface area contributed by atoms with Crippen LogP contribution in [0.3, 0.4) is 0 Å². The maximum atomic E-state index is 13.4. The van der Waals surface area contributed by atoms with Crippen molar-refractivity contribution in [1.82, 2.24) is 14.8 Å². The van der Waals surface area contributed by atoms with Gasteiger partial charge in [0, 0.05) is 23.8 Å². The first-order valence-electron chi connectivity index (χ1n) is 6.44. The lowest BCUT2D eigenvalue weighted by atomic mass is 10.3. The fourth-order valence-electron chi connectivity index (χ4n) is 1.73.